The highest BCUT2D eigenvalue weighted by molar-refractivity contribution is 7.12. The van der Waals surface area contributed by atoms with Crippen molar-refractivity contribution in [3.63, 3.8) is 0 Å². The van der Waals surface area contributed by atoms with E-state index in [0.717, 1.165) is 17.2 Å². The van der Waals surface area contributed by atoms with E-state index in [2.05, 4.69) is 20.3 Å². The van der Waals surface area contributed by atoms with Crippen LogP contribution in [0.2, 0.25) is 0 Å². The minimum atomic E-state index is 0.238. The number of aliphatic hydroxyl groups is 1. The van der Waals surface area contributed by atoms with Crippen molar-refractivity contribution < 1.29 is 5.11 Å². The summed E-state index contributed by atoms with van der Waals surface area (Å²) >= 11 is 1.52. The van der Waals surface area contributed by atoms with Gasteiger partial charge in [-0.25, -0.2) is 15.0 Å². The molecule has 1 aliphatic rings. The van der Waals surface area contributed by atoms with Crippen LogP contribution in [-0.2, 0) is 0 Å². The molecule has 0 spiro atoms. The molecule has 2 heterocycles. The van der Waals surface area contributed by atoms with Crippen molar-refractivity contribution in [2.75, 3.05) is 11.9 Å². The Balaban J connectivity index is 1.76. The third-order valence-corrected chi connectivity index (χ3v) is 3.54. The lowest BCUT2D eigenvalue weighted by Crippen LogP contribution is -2.08. The zero-order valence-corrected chi connectivity index (χ0v) is 9.89. The maximum atomic E-state index is 8.98. The predicted octanol–water partition coefficient (Wildman–Crippen LogP) is 1.39. The van der Waals surface area contributed by atoms with Crippen molar-refractivity contribution >= 4 is 17.2 Å². The van der Waals surface area contributed by atoms with Crippen LogP contribution in [0.5, 0.6) is 0 Å². The molecule has 0 aliphatic heterocycles. The molecule has 0 saturated heterocycles. The Morgan fingerprint density at radius 1 is 1.41 bits per heavy atom. The van der Waals surface area contributed by atoms with Gasteiger partial charge >= 0.3 is 0 Å². The second-order valence-corrected chi connectivity index (χ2v) is 4.93. The Hall–Kier alpha value is -1.53. The third-order valence-electron chi connectivity index (χ3n) is 2.77. The monoisotopic (exact) mass is 248 g/mol. The lowest BCUT2D eigenvalue weighted by atomic mass is 10.4. The van der Waals surface area contributed by atoms with Crippen LogP contribution >= 0.6 is 11.3 Å². The van der Waals surface area contributed by atoms with E-state index < -0.39 is 0 Å². The van der Waals surface area contributed by atoms with E-state index in [4.69, 9.17) is 5.11 Å². The molecule has 1 fully saturated rings. The van der Waals surface area contributed by atoms with Gasteiger partial charge in [-0.15, -0.1) is 11.3 Å². The normalized spacial score (nSPS) is 22.4. The summed E-state index contributed by atoms with van der Waals surface area (Å²) in [6.07, 6.45) is 4.47. The van der Waals surface area contributed by atoms with Crippen molar-refractivity contribution in [3.05, 3.63) is 23.8 Å². The van der Waals surface area contributed by atoms with Gasteiger partial charge in [0.25, 0.3) is 0 Å². The molecule has 2 N–H and O–H groups in total. The molecule has 0 radical (unpaired) electrons. The second-order valence-electron chi connectivity index (χ2n) is 4.03. The molecule has 2 aromatic heterocycles. The first-order valence-electron chi connectivity index (χ1n) is 5.47. The van der Waals surface area contributed by atoms with Crippen LogP contribution < -0.4 is 5.32 Å². The van der Waals surface area contributed by atoms with Crippen molar-refractivity contribution in [2.45, 2.75) is 12.5 Å². The fourth-order valence-electron chi connectivity index (χ4n) is 1.69. The van der Waals surface area contributed by atoms with E-state index in [1.54, 1.807) is 12.4 Å². The van der Waals surface area contributed by atoms with Crippen molar-refractivity contribution in [3.8, 4) is 10.8 Å². The minimum absolute atomic E-state index is 0.238. The molecular formula is C11H12N4OS. The van der Waals surface area contributed by atoms with Crippen LogP contribution in [0.15, 0.2) is 23.8 Å². The summed E-state index contributed by atoms with van der Waals surface area (Å²) in [5.74, 6) is 1.81. The van der Waals surface area contributed by atoms with Gasteiger partial charge in [-0.1, -0.05) is 0 Å². The van der Waals surface area contributed by atoms with Crippen LogP contribution in [0.1, 0.15) is 6.42 Å². The lowest BCUT2D eigenvalue weighted by Gasteiger charge is -2.04. The number of hydrogen-bond acceptors (Lipinski definition) is 6. The van der Waals surface area contributed by atoms with Crippen LogP contribution in [0.3, 0.4) is 0 Å². The molecule has 0 unspecified atom stereocenters. The van der Waals surface area contributed by atoms with Crippen molar-refractivity contribution in [2.24, 2.45) is 5.92 Å². The van der Waals surface area contributed by atoms with E-state index in [1.807, 2.05) is 11.4 Å². The number of aliphatic hydroxyl groups excluding tert-OH is 1. The van der Waals surface area contributed by atoms with Crippen molar-refractivity contribution in [1.29, 1.82) is 0 Å². The number of anilines is 1. The molecule has 1 saturated carbocycles. The maximum absolute atomic E-state index is 8.98. The average molecular weight is 248 g/mol. The van der Waals surface area contributed by atoms with Gasteiger partial charge in [0, 0.05) is 36.3 Å². The summed E-state index contributed by atoms with van der Waals surface area (Å²) in [6.45, 7) is 0.238. The van der Waals surface area contributed by atoms with Gasteiger partial charge in [0.1, 0.15) is 5.82 Å². The first-order valence-corrected chi connectivity index (χ1v) is 6.35. The van der Waals surface area contributed by atoms with Crippen LogP contribution in [0.25, 0.3) is 10.8 Å². The van der Waals surface area contributed by atoms with E-state index in [9.17, 15) is 0 Å². The molecule has 0 amide bonds. The summed E-state index contributed by atoms with van der Waals surface area (Å²) < 4.78 is 0. The first-order chi connectivity index (χ1) is 8.36. The van der Waals surface area contributed by atoms with Gasteiger partial charge < -0.3 is 10.4 Å². The van der Waals surface area contributed by atoms with E-state index in [-0.39, 0.29) is 6.61 Å². The van der Waals surface area contributed by atoms with E-state index in [1.165, 1.54) is 11.3 Å². The Kier molecular flexibility index (Phi) is 2.74. The van der Waals surface area contributed by atoms with Crippen LogP contribution in [-0.4, -0.2) is 32.7 Å². The highest BCUT2D eigenvalue weighted by Gasteiger charge is 2.36. The highest BCUT2D eigenvalue weighted by atomic mass is 32.1. The molecule has 2 atom stereocenters. The highest BCUT2D eigenvalue weighted by Crippen LogP contribution is 2.32. The zero-order valence-electron chi connectivity index (χ0n) is 9.08. The number of hydrogen-bond donors (Lipinski definition) is 2. The molecule has 0 aromatic carbocycles. The van der Waals surface area contributed by atoms with Crippen LogP contribution in [0, 0.1) is 5.92 Å². The second kappa shape index (κ2) is 4.38. The fourth-order valence-corrected chi connectivity index (χ4v) is 2.27. The SMILES string of the molecule is OC[C@@H]1C[C@H]1Nc1ccnc(-c2nccs2)n1. The van der Waals surface area contributed by atoms with Crippen LogP contribution in [0.4, 0.5) is 5.82 Å². The molecule has 2 aromatic rings. The number of thiazole rings is 1. The number of nitrogens with zero attached hydrogens (tertiary/aromatic N) is 3. The van der Waals surface area contributed by atoms with E-state index in [0.29, 0.717) is 17.8 Å². The van der Waals surface area contributed by atoms with Gasteiger partial charge in [0.05, 0.1) is 0 Å². The first kappa shape index (κ1) is 10.6. The Morgan fingerprint density at radius 2 is 2.35 bits per heavy atom. The largest absolute Gasteiger partial charge is 0.396 e. The summed E-state index contributed by atoms with van der Waals surface area (Å²) in [6, 6.07) is 2.18. The Morgan fingerprint density at radius 3 is 3.06 bits per heavy atom. The van der Waals surface area contributed by atoms with Gasteiger partial charge in [0.15, 0.2) is 10.8 Å². The summed E-state index contributed by atoms with van der Waals surface area (Å²) in [7, 11) is 0. The van der Waals surface area contributed by atoms with Gasteiger partial charge in [-0.3, -0.25) is 0 Å². The average Bonchev–Trinajstić information content (AvgIpc) is 2.90. The summed E-state index contributed by atoms with van der Waals surface area (Å²) in [4.78, 5) is 12.8. The number of rotatable bonds is 4. The molecule has 5 nitrogen and oxygen atoms in total. The Labute approximate surface area is 103 Å². The zero-order chi connectivity index (χ0) is 11.7. The molecule has 3 rings (SSSR count). The maximum Gasteiger partial charge on any atom is 0.190 e. The smallest absolute Gasteiger partial charge is 0.190 e. The summed E-state index contributed by atoms with van der Waals surface area (Å²) in [5, 5.41) is 15.0. The number of aromatic nitrogens is 3. The third kappa shape index (κ3) is 2.27. The van der Waals surface area contributed by atoms with Gasteiger partial charge in [-0.2, -0.15) is 0 Å². The summed E-state index contributed by atoms with van der Waals surface area (Å²) in [5.41, 5.74) is 0. The molecule has 88 valence electrons. The van der Waals surface area contributed by atoms with Crippen molar-refractivity contribution in [1.82, 2.24) is 15.0 Å². The minimum Gasteiger partial charge on any atom is -0.396 e. The van der Waals surface area contributed by atoms with Gasteiger partial charge in [0.2, 0.25) is 0 Å². The standard InChI is InChI=1S/C11H12N4OS/c16-6-7-5-8(7)14-9-1-2-12-10(15-9)11-13-3-4-17-11/h1-4,7-8,16H,5-6H2,(H,12,14,15)/t7-,8+/m0/s1. The quantitative estimate of drug-likeness (QED) is 0.855. The number of nitrogens with one attached hydrogen (secondary N) is 1. The fraction of sp³-hybridized carbons (Fsp3) is 0.364. The molecule has 1 aliphatic carbocycles. The molecule has 0 bridgehead atoms. The molecular weight excluding hydrogens is 236 g/mol. The van der Waals surface area contributed by atoms with Gasteiger partial charge in [-0.05, 0) is 12.5 Å². The molecule has 6 heteroatoms. The molecule has 17 heavy (non-hydrogen) atoms. The Bertz CT molecular complexity index is 502. The topological polar surface area (TPSA) is 70.9 Å². The lowest BCUT2D eigenvalue weighted by molar-refractivity contribution is 0.275. The van der Waals surface area contributed by atoms with E-state index >= 15 is 0 Å². The predicted molar refractivity (Wildman–Crippen MR) is 65.7 cm³/mol.